The zero-order valence-electron chi connectivity index (χ0n) is 48.4. The third-order valence-corrected chi connectivity index (χ3v) is 14.8. The van der Waals surface area contributed by atoms with Crippen LogP contribution in [-0.2, 0) is 27.9 Å². The van der Waals surface area contributed by atoms with Gasteiger partial charge in [0.25, 0.3) is 7.82 Å². The van der Waals surface area contributed by atoms with Crippen LogP contribution in [0.1, 0.15) is 297 Å². The van der Waals surface area contributed by atoms with Crippen LogP contribution in [0.5, 0.6) is 0 Å². The molecule has 0 spiro atoms. The number of carbonyl (C=O) groups excluding carboxylic acids is 2. The van der Waals surface area contributed by atoms with Crippen LogP contribution in [0.4, 0.5) is 0 Å². The molecule has 0 rings (SSSR count). The molecule has 0 fully saturated rings. The van der Waals surface area contributed by atoms with E-state index < -0.39 is 20.0 Å². The lowest BCUT2D eigenvalue weighted by Gasteiger charge is -2.30. The van der Waals surface area contributed by atoms with E-state index in [1.54, 1.807) is 0 Å². The zero-order chi connectivity index (χ0) is 52.9. The highest BCUT2D eigenvalue weighted by Gasteiger charge is 2.27. The van der Waals surface area contributed by atoms with Gasteiger partial charge in [-0.15, -0.1) is 0 Å². The number of esters is 1. The molecule has 0 saturated carbocycles. The third-order valence-electron chi connectivity index (χ3n) is 13.8. The van der Waals surface area contributed by atoms with E-state index in [-0.39, 0.29) is 31.5 Å². The van der Waals surface area contributed by atoms with E-state index in [1.807, 2.05) is 33.3 Å². The average Bonchev–Trinajstić information content (AvgIpc) is 3.34. The molecule has 0 bridgehead atoms. The first-order valence-electron chi connectivity index (χ1n) is 30.8. The fourth-order valence-electron chi connectivity index (χ4n) is 8.98. The van der Waals surface area contributed by atoms with E-state index in [0.29, 0.717) is 17.4 Å². The third kappa shape index (κ3) is 53.1. The Morgan fingerprint density at radius 2 is 0.806 bits per heavy atom. The molecule has 0 heterocycles. The van der Waals surface area contributed by atoms with E-state index >= 15 is 0 Å². The number of phosphoric ester groups is 1. The second-order valence-corrected chi connectivity index (χ2v) is 23.6. The predicted octanol–water partition coefficient (Wildman–Crippen LogP) is 18.1. The van der Waals surface area contributed by atoms with Crippen molar-refractivity contribution in [3.05, 3.63) is 36.5 Å². The number of ether oxygens (including phenoxy) is 1. The van der Waals surface area contributed by atoms with Crippen LogP contribution in [0.2, 0.25) is 0 Å². The van der Waals surface area contributed by atoms with Gasteiger partial charge in [-0.1, -0.05) is 237 Å². The molecule has 1 amide bonds. The molecule has 1 N–H and O–H groups in total. The predicted molar refractivity (Wildman–Crippen MR) is 307 cm³/mol. The highest BCUT2D eigenvalue weighted by molar-refractivity contribution is 7.45. The van der Waals surface area contributed by atoms with Gasteiger partial charge in [0.15, 0.2) is 0 Å². The Balaban J connectivity index is 5.25. The Morgan fingerprint density at radius 1 is 0.472 bits per heavy atom. The van der Waals surface area contributed by atoms with Crippen LogP contribution in [-0.4, -0.2) is 69.4 Å². The zero-order valence-corrected chi connectivity index (χ0v) is 49.3. The summed E-state index contributed by atoms with van der Waals surface area (Å²) in [6.45, 7) is 6.85. The van der Waals surface area contributed by atoms with E-state index in [9.17, 15) is 19.0 Å². The number of likely N-dealkylation sites (N-methyl/N-ethyl adjacent to an activating group) is 1. The number of quaternary nitrogens is 1. The minimum Gasteiger partial charge on any atom is -0.756 e. The van der Waals surface area contributed by atoms with Crippen LogP contribution >= 0.6 is 7.82 Å². The smallest absolute Gasteiger partial charge is 0.306 e. The number of amides is 1. The topological polar surface area (TPSA) is 114 Å². The molecule has 9 nitrogen and oxygen atoms in total. The van der Waals surface area contributed by atoms with Gasteiger partial charge in [-0.2, -0.15) is 0 Å². The molecule has 3 atom stereocenters. The van der Waals surface area contributed by atoms with Gasteiger partial charge in [0, 0.05) is 12.8 Å². The number of hydrogen-bond donors (Lipinski definition) is 1. The monoisotopic (exact) mass is 1030 g/mol. The lowest BCUT2D eigenvalue weighted by molar-refractivity contribution is -0.870. The standard InChI is InChI=1S/C62H119N2O7P/c1-7-10-13-16-19-22-25-28-30-31-32-33-35-36-39-42-45-48-51-54-61(65)63-59(58-70-72(67,68)69-57-56-64(4,5)6)60(53-50-47-44-41-38-27-24-21-18-15-12-9-3)71-62(66)55-52-49-46-43-40-37-34-29-26-23-20-17-14-11-8-2/h23,26,28,30,50,53,59-60H,7-22,24-25,27,29,31-49,51-52,54-58H2,1-6H3,(H-,63,65,67,68)/b26-23-,30-28+,53-50-. The minimum absolute atomic E-state index is 0.0218. The average molecular weight is 1040 g/mol. The molecule has 72 heavy (non-hydrogen) atoms. The summed E-state index contributed by atoms with van der Waals surface area (Å²) in [4.78, 5) is 39.9. The Bertz CT molecular complexity index is 1330. The maximum atomic E-state index is 13.5. The van der Waals surface area contributed by atoms with E-state index in [4.69, 9.17) is 13.8 Å². The first-order chi connectivity index (χ1) is 34.9. The number of carbonyl (C=O) groups is 2. The second-order valence-electron chi connectivity index (χ2n) is 22.2. The van der Waals surface area contributed by atoms with Gasteiger partial charge in [0.05, 0.1) is 33.8 Å². The molecule has 0 aromatic rings. The molecule has 0 radical (unpaired) electrons. The lowest BCUT2D eigenvalue weighted by atomic mass is 10.0. The highest BCUT2D eigenvalue weighted by atomic mass is 31.2. The van der Waals surface area contributed by atoms with Crippen molar-refractivity contribution in [3.63, 3.8) is 0 Å². The van der Waals surface area contributed by atoms with Gasteiger partial charge in [-0.25, -0.2) is 0 Å². The minimum atomic E-state index is -4.69. The van der Waals surface area contributed by atoms with Gasteiger partial charge in [0.1, 0.15) is 19.3 Å². The molecule has 0 saturated heterocycles. The number of allylic oxidation sites excluding steroid dienone is 5. The van der Waals surface area contributed by atoms with Crippen LogP contribution in [0.15, 0.2) is 36.5 Å². The van der Waals surface area contributed by atoms with Crippen molar-refractivity contribution in [2.75, 3.05) is 40.9 Å². The van der Waals surface area contributed by atoms with Crippen molar-refractivity contribution >= 4 is 19.7 Å². The number of rotatable bonds is 56. The van der Waals surface area contributed by atoms with Crippen LogP contribution < -0.4 is 10.2 Å². The van der Waals surface area contributed by atoms with Crippen molar-refractivity contribution in [3.8, 4) is 0 Å². The van der Waals surface area contributed by atoms with Crippen molar-refractivity contribution in [1.82, 2.24) is 5.32 Å². The van der Waals surface area contributed by atoms with Gasteiger partial charge in [0.2, 0.25) is 5.91 Å². The highest BCUT2D eigenvalue weighted by Crippen LogP contribution is 2.38. The van der Waals surface area contributed by atoms with Gasteiger partial charge in [-0.3, -0.25) is 14.2 Å². The van der Waals surface area contributed by atoms with Crippen molar-refractivity contribution in [2.24, 2.45) is 0 Å². The van der Waals surface area contributed by atoms with Crippen LogP contribution in [0.25, 0.3) is 0 Å². The van der Waals surface area contributed by atoms with Gasteiger partial charge in [-0.05, 0) is 83.1 Å². The largest absolute Gasteiger partial charge is 0.756 e. The van der Waals surface area contributed by atoms with Crippen molar-refractivity contribution < 1.29 is 37.3 Å². The molecule has 424 valence electrons. The summed E-state index contributed by atoms with van der Waals surface area (Å²) < 4.78 is 30.3. The van der Waals surface area contributed by atoms with E-state index in [2.05, 4.69) is 50.4 Å². The molecule has 10 heteroatoms. The first kappa shape index (κ1) is 70.2. The number of nitrogens with zero attached hydrogens (tertiary/aromatic N) is 1. The van der Waals surface area contributed by atoms with Crippen molar-refractivity contribution in [1.29, 1.82) is 0 Å². The molecule has 0 aliphatic carbocycles. The molecule has 0 aromatic carbocycles. The van der Waals surface area contributed by atoms with E-state index in [1.165, 1.54) is 193 Å². The number of unbranched alkanes of at least 4 members (excludes halogenated alkanes) is 36. The number of hydrogen-bond acceptors (Lipinski definition) is 7. The summed E-state index contributed by atoms with van der Waals surface area (Å²) in [5.74, 6) is -0.539. The fourth-order valence-corrected chi connectivity index (χ4v) is 9.71. The van der Waals surface area contributed by atoms with Crippen LogP contribution in [0.3, 0.4) is 0 Å². The maximum absolute atomic E-state index is 13.5. The Morgan fingerprint density at radius 3 is 1.19 bits per heavy atom. The summed E-state index contributed by atoms with van der Waals surface area (Å²) in [7, 11) is 1.19. The van der Waals surface area contributed by atoms with Crippen molar-refractivity contribution in [2.45, 2.75) is 309 Å². The quantitative estimate of drug-likeness (QED) is 0.0212. The summed E-state index contributed by atoms with van der Waals surface area (Å²) in [6.07, 6.45) is 62.4. The molecule has 0 aromatic heterocycles. The number of nitrogens with one attached hydrogen (secondary N) is 1. The molecule has 0 aliphatic rings. The van der Waals surface area contributed by atoms with Gasteiger partial charge < -0.3 is 28.5 Å². The molecule has 0 aliphatic heterocycles. The normalized spacial score (nSPS) is 13.9. The Labute approximate surface area is 446 Å². The molecular formula is C62H119N2O7P. The molecule has 3 unspecified atom stereocenters. The number of phosphoric acid groups is 1. The summed E-state index contributed by atoms with van der Waals surface area (Å²) in [6, 6.07) is -0.888. The summed E-state index contributed by atoms with van der Waals surface area (Å²) >= 11 is 0. The Hall–Kier alpha value is -1.77. The van der Waals surface area contributed by atoms with E-state index in [0.717, 1.165) is 70.6 Å². The summed E-state index contributed by atoms with van der Waals surface area (Å²) in [5, 5.41) is 3.03. The second kappa shape index (κ2) is 52.7. The maximum Gasteiger partial charge on any atom is 0.306 e. The first-order valence-corrected chi connectivity index (χ1v) is 32.3. The lowest BCUT2D eigenvalue weighted by Crippen LogP contribution is -2.47. The SMILES string of the molecule is CCCCCC/C=C\CCCCCCCCCC(=O)OC(/C=C\CCCCCCCCCCCC)C(COP(=O)([O-])OCC[N+](C)(C)C)NC(=O)CCCCCCCCCCC/C=C/CCCCCCCC. The fraction of sp³-hybridized carbons (Fsp3) is 0.871. The molecular weight excluding hydrogens is 916 g/mol. The Kier molecular flexibility index (Phi) is 51.4. The summed E-state index contributed by atoms with van der Waals surface area (Å²) in [5.41, 5.74) is 0. The van der Waals surface area contributed by atoms with Gasteiger partial charge >= 0.3 is 5.97 Å². The van der Waals surface area contributed by atoms with Crippen LogP contribution in [0, 0.1) is 0 Å².